The van der Waals surface area contributed by atoms with Gasteiger partial charge < -0.3 is 15.4 Å². The van der Waals surface area contributed by atoms with Gasteiger partial charge >= 0.3 is 5.97 Å². The lowest BCUT2D eigenvalue weighted by atomic mass is 9.88. The summed E-state index contributed by atoms with van der Waals surface area (Å²) >= 11 is 13.5. The highest BCUT2D eigenvalue weighted by Crippen LogP contribution is 2.40. The van der Waals surface area contributed by atoms with Gasteiger partial charge in [-0.2, -0.15) is 0 Å². The third-order valence-corrected chi connectivity index (χ3v) is 6.33. The molecule has 1 amide bonds. The molecule has 150 valence electrons. The third-order valence-electron chi connectivity index (χ3n) is 4.61. The average molecular weight is 441 g/mol. The molecule has 0 radical (unpaired) electrons. The molecule has 1 aliphatic rings. The molecule has 1 aliphatic carbocycles. The number of rotatable bonds is 6. The van der Waals surface area contributed by atoms with E-state index in [0.717, 1.165) is 29.7 Å². The molecule has 8 heteroatoms. The van der Waals surface area contributed by atoms with Gasteiger partial charge in [-0.3, -0.25) is 4.79 Å². The summed E-state index contributed by atoms with van der Waals surface area (Å²) in [6.45, 7) is 4.29. The molecular weight excluding hydrogens is 419 g/mol. The Kier molecular flexibility index (Phi) is 6.86. The smallest absolute Gasteiger partial charge is 0.341 e. The van der Waals surface area contributed by atoms with Crippen molar-refractivity contribution in [2.45, 2.75) is 33.1 Å². The Hall–Kier alpha value is -1.76. The van der Waals surface area contributed by atoms with E-state index < -0.39 is 0 Å². The Balaban J connectivity index is 1.75. The lowest BCUT2D eigenvalue weighted by Crippen LogP contribution is -2.23. The van der Waals surface area contributed by atoms with E-state index in [2.05, 4.69) is 17.6 Å². The number of anilines is 2. The molecule has 1 aromatic carbocycles. The zero-order valence-corrected chi connectivity index (χ0v) is 18.1. The minimum Gasteiger partial charge on any atom is -0.462 e. The number of hydrogen-bond acceptors (Lipinski definition) is 5. The number of hydrogen-bond donors (Lipinski definition) is 2. The highest BCUT2D eigenvalue weighted by molar-refractivity contribution is 7.17. The van der Waals surface area contributed by atoms with E-state index in [1.165, 1.54) is 11.3 Å². The molecule has 1 heterocycles. The van der Waals surface area contributed by atoms with E-state index in [1.54, 1.807) is 25.1 Å². The van der Waals surface area contributed by atoms with Gasteiger partial charge in [0.1, 0.15) is 5.00 Å². The fourth-order valence-corrected chi connectivity index (χ4v) is 5.13. The molecular formula is C20H22Cl2N2O3S. The van der Waals surface area contributed by atoms with Crippen molar-refractivity contribution in [2.75, 3.05) is 23.8 Å². The van der Waals surface area contributed by atoms with Crippen molar-refractivity contribution >= 4 is 57.1 Å². The van der Waals surface area contributed by atoms with Crippen molar-refractivity contribution in [3.8, 4) is 0 Å². The lowest BCUT2D eigenvalue weighted by Gasteiger charge is -2.18. The highest BCUT2D eigenvalue weighted by Gasteiger charge is 2.29. The first-order valence-corrected chi connectivity index (χ1v) is 10.8. The lowest BCUT2D eigenvalue weighted by molar-refractivity contribution is -0.114. The summed E-state index contributed by atoms with van der Waals surface area (Å²) in [7, 11) is 0. The predicted molar refractivity (Wildman–Crippen MR) is 115 cm³/mol. The zero-order valence-electron chi connectivity index (χ0n) is 15.7. The van der Waals surface area contributed by atoms with E-state index in [4.69, 9.17) is 27.9 Å². The summed E-state index contributed by atoms with van der Waals surface area (Å²) in [6.07, 6.45) is 2.77. The summed E-state index contributed by atoms with van der Waals surface area (Å²) in [4.78, 5) is 26.1. The largest absolute Gasteiger partial charge is 0.462 e. The number of carbonyl (C=O) groups is 2. The summed E-state index contributed by atoms with van der Waals surface area (Å²) in [5.74, 6) is -0.0692. The summed E-state index contributed by atoms with van der Waals surface area (Å²) in [5.41, 5.74) is 2.14. The standard InChI is InChI=1S/C20H22Cl2N2O3S/c1-3-27-20(26)18-13-6-4-11(2)8-16(13)28-19(18)24-17(25)10-23-15-7-5-12(21)9-14(15)22/h5,7,9,11,23H,3-4,6,8,10H2,1-2H3,(H,24,25). The van der Waals surface area contributed by atoms with E-state index in [9.17, 15) is 9.59 Å². The molecule has 1 aromatic heterocycles. The van der Waals surface area contributed by atoms with Crippen LogP contribution in [0.4, 0.5) is 10.7 Å². The monoisotopic (exact) mass is 440 g/mol. The van der Waals surface area contributed by atoms with Gasteiger partial charge in [-0.1, -0.05) is 30.1 Å². The van der Waals surface area contributed by atoms with Crippen LogP contribution < -0.4 is 10.6 Å². The van der Waals surface area contributed by atoms with Crippen LogP contribution in [-0.4, -0.2) is 25.0 Å². The number of amides is 1. The van der Waals surface area contributed by atoms with Crippen LogP contribution in [0.2, 0.25) is 10.0 Å². The molecule has 2 aromatic rings. The molecule has 0 bridgehead atoms. The van der Waals surface area contributed by atoms with Crippen LogP contribution in [0.15, 0.2) is 18.2 Å². The van der Waals surface area contributed by atoms with Gasteiger partial charge in [-0.25, -0.2) is 4.79 Å². The van der Waals surface area contributed by atoms with Gasteiger partial charge in [0.15, 0.2) is 0 Å². The molecule has 3 rings (SSSR count). The number of carbonyl (C=O) groups excluding carboxylic acids is 2. The normalized spacial score (nSPS) is 15.6. The predicted octanol–water partition coefficient (Wildman–Crippen LogP) is 5.41. The maximum atomic E-state index is 12.5. The van der Waals surface area contributed by atoms with Gasteiger partial charge in [0.05, 0.1) is 29.4 Å². The molecule has 0 fully saturated rings. The first-order chi connectivity index (χ1) is 13.4. The molecule has 0 saturated carbocycles. The van der Waals surface area contributed by atoms with Crippen molar-refractivity contribution in [1.82, 2.24) is 0 Å². The molecule has 0 spiro atoms. The van der Waals surface area contributed by atoms with E-state index in [1.807, 2.05) is 0 Å². The molecule has 28 heavy (non-hydrogen) atoms. The number of fused-ring (bicyclic) bond motifs is 1. The zero-order chi connectivity index (χ0) is 20.3. The molecule has 0 saturated heterocycles. The van der Waals surface area contributed by atoms with Crippen LogP contribution in [-0.2, 0) is 22.4 Å². The topological polar surface area (TPSA) is 67.4 Å². The number of benzene rings is 1. The van der Waals surface area contributed by atoms with Gasteiger partial charge in [-0.05, 0) is 55.9 Å². The Morgan fingerprint density at radius 1 is 1.32 bits per heavy atom. The highest BCUT2D eigenvalue weighted by atomic mass is 35.5. The number of nitrogens with one attached hydrogen (secondary N) is 2. The van der Waals surface area contributed by atoms with Crippen LogP contribution >= 0.6 is 34.5 Å². The van der Waals surface area contributed by atoms with Crippen LogP contribution in [0.1, 0.15) is 41.1 Å². The van der Waals surface area contributed by atoms with E-state index >= 15 is 0 Å². The summed E-state index contributed by atoms with van der Waals surface area (Å²) in [5, 5.41) is 7.38. The van der Waals surface area contributed by atoms with E-state index in [0.29, 0.717) is 38.8 Å². The second kappa shape index (κ2) is 9.16. The van der Waals surface area contributed by atoms with Crippen LogP contribution in [0, 0.1) is 5.92 Å². The molecule has 1 atom stereocenters. The third kappa shape index (κ3) is 4.80. The van der Waals surface area contributed by atoms with Gasteiger partial charge in [0.2, 0.25) is 5.91 Å². The second-order valence-electron chi connectivity index (χ2n) is 6.80. The fraction of sp³-hybridized carbons (Fsp3) is 0.400. The Labute approximate surface area is 178 Å². The van der Waals surface area contributed by atoms with Crippen molar-refractivity contribution in [3.05, 3.63) is 44.2 Å². The van der Waals surface area contributed by atoms with E-state index in [-0.39, 0.29) is 18.4 Å². The van der Waals surface area contributed by atoms with Crippen LogP contribution in [0.5, 0.6) is 0 Å². The van der Waals surface area contributed by atoms with Crippen molar-refractivity contribution in [2.24, 2.45) is 5.92 Å². The molecule has 1 unspecified atom stereocenters. The van der Waals surface area contributed by atoms with Gasteiger partial charge in [0.25, 0.3) is 0 Å². The molecule has 0 aliphatic heterocycles. The maximum Gasteiger partial charge on any atom is 0.341 e. The number of ether oxygens (including phenoxy) is 1. The Morgan fingerprint density at radius 3 is 2.82 bits per heavy atom. The molecule has 5 nitrogen and oxygen atoms in total. The first-order valence-electron chi connectivity index (χ1n) is 9.19. The number of halogens is 2. The molecule has 2 N–H and O–H groups in total. The first kappa shape index (κ1) is 21.0. The summed E-state index contributed by atoms with van der Waals surface area (Å²) in [6, 6.07) is 5.02. The Morgan fingerprint density at radius 2 is 2.11 bits per heavy atom. The SMILES string of the molecule is CCOC(=O)c1c(NC(=O)CNc2ccc(Cl)cc2Cl)sc2c1CCC(C)C2. The minimum atomic E-state index is -0.376. The Bertz CT molecular complexity index is 898. The number of esters is 1. The second-order valence-corrected chi connectivity index (χ2v) is 8.75. The minimum absolute atomic E-state index is 0.0165. The quantitative estimate of drug-likeness (QED) is 0.589. The van der Waals surface area contributed by atoms with Crippen molar-refractivity contribution in [1.29, 1.82) is 0 Å². The van der Waals surface area contributed by atoms with Gasteiger partial charge in [0, 0.05) is 9.90 Å². The van der Waals surface area contributed by atoms with Gasteiger partial charge in [-0.15, -0.1) is 11.3 Å². The van der Waals surface area contributed by atoms with Crippen LogP contribution in [0.3, 0.4) is 0 Å². The van der Waals surface area contributed by atoms with Crippen LogP contribution in [0.25, 0.3) is 0 Å². The van der Waals surface area contributed by atoms with Crippen molar-refractivity contribution in [3.63, 3.8) is 0 Å². The van der Waals surface area contributed by atoms with Crippen molar-refractivity contribution < 1.29 is 14.3 Å². The number of thiophene rings is 1. The summed E-state index contributed by atoms with van der Waals surface area (Å²) < 4.78 is 5.23. The average Bonchev–Trinajstić information content (AvgIpc) is 2.97. The fourth-order valence-electron chi connectivity index (χ4n) is 3.24. The maximum absolute atomic E-state index is 12.5.